The van der Waals surface area contributed by atoms with Crippen molar-refractivity contribution >= 4 is 5.91 Å². The van der Waals surface area contributed by atoms with E-state index in [2.05, 4.69) is 10.4 Å². The van der Waals surface area contributed by atoms with E-state index in [1.54, 1.807) is 0 Å². The molecule has 1 aliphatic rings. The molecule has 0 aromatic carbocycles. The smallest absolute Gasteiger partial charge is 0.240 e. The van der Waals surface area contributed by atoms with E-state index in [4.69, 9.17) is 0 Å². The number of carbonyl (C=O) groups excluding carboxylic acids is 1. The molecule has 1 amide bonds. The van der Waals surface area contributed by atoms with Gasteiger partial charge in [0, 0.05) is 20.1 Å². The lowest BCUT2D eigenvalue weighted by atomic mass is 10.1. The van der Waals surface area contributed by atoms with Gasteiger partial charge in [-0.25, -0.2) is 0 Å². The van der Waals surface area contributed by atoms with Crippen molar-refractivity contribution in [2.24, 2.45) is 7.05 Å². The summed E-state index contributed by atoms with van der Waals surface area (Å²) in [5.41, 5.74) is 2.09. The molecule has 2 heterocycles. The van der Waals surface area contributed by atoms with Crippen molar-refractivity contribution in [1.82, 2.24) is 20.0 Å². The third kappa shape index (κ3) is 2.49. The van der Waals surface area contributed by atoms with E-state index in [0.717, 1.165) is 30.9 Å². The summed E-state index contributed by atoms with van der Waals surface area (Å²) >= 11 is 0. The van der Waals surface area contributed by atoms with Crippen molar-refractivity contribution in [3.05, 3.63) is 17.5 Å². The lowest BCUT2D eigenvalue weighted by Gasteiger charge is -2.32. The summed E-state index contributed by atoms with van der Waals surface area (Å²) in [4.78, 5) is 14.0. The van der Waals surface area contributed by atoms with Crippen LogP contribution in [0.25, 0.3) is 0 Å². The van der Waals surface area contributed by atoms with Gasteiger partial charge in [-0.2, -0.15) is 5.10 Å². The predicted molar refractivity (Wildman–Crippen MR) is 65.4 cm³/mol. The fourth-order valence-electron chi connectivity index (χ4n) is 2.28. The molecule has 1 aromatic rings. The van der Waals surface area contributed by atoms with Gasteiger partial charge in [-0.05, 0) is 19.4 Å². The van der Waals surface area contributed by atoms with E-state index in [-0.39, 0.29) is 11.9 Å². The monoisotopic (exact) mass is 236 g/mol. The molecule has 1 saturated heterocycles. The molecule has 1 unspecified atom stereocenters. The maximum absolute atomic E-state index is 12.1. The van der Waals surface area contributed by atoms with Crippen LogP contribution in [-0.4, -0.2) is 39.7 Å². The second kappa shape index (κ2) is 4.87. The number of piperazine rings is 1. The zero-order valence-electron chi connectivity index (χ0n) is 10.7. The minimum Gasteiger partial charge on any atom is -0.334 e. The van der Waals surface area contributed by atoms with Crippen molar-refractivity contribution in [1.29, 1.82) is 0 Å². The maximum atomic E-state index is 12.1. The number of aryl methyl sites for hydroxylation is 2. The molecular weight excluding hydrogens is 216 g/mol. The van der Waals surface area contributed by atoms with Crippen LogP contribution in [0, 0.1) is 6.92 Å². The van der Waals surface area contributed by atoms with Gasteiger partial charge in [0.2, 0.25) is 5.91 Å². The number of hydrogen-bond donors (Lipinski definition) is 1. The van der Waals surface area contributed by atoms with Crippen LogP contribution in [0.5, 0.6) is 0 Å². The third-order valence-corrected chi connectivity index (χ3v) is 3.24. The summed E-state index contributed by atoms with van der Waals surface area (Å²) in [5, 5.41) is 7.54. The molecule has 0 aliphatic carbocycles. The summed E-state index contributed by atoms with van der Waals surface area (Å²) in [5.74, 6) is 0.206. The Morgan fingerprint density at radius 2 is 2.35 bits per heavy atom. The van der Waals surface area contributed by atoms with Gasteiger partial charge in [0.05, 0.1) is 24.0 Å². The van der Waals surface area contributed by atoms with Crippen molar-refractivity contribution < 1.29 is 4.79 Å². The molecule has 2 rings (SSSR count). The highest BCUT2D eigenvalue weighted by Gasteiger charge is 2.27. The quantitative estimate of drug-likeness (QED) is 0.828. The topological polar surface area (TPSA) is 50.2 Å². The maximum Gasteiger partial charge on any atom is 0.240 e. The van der Waals surface area contributed by atoms with Gasteiger partial charge in [-0.3, -0.25) is 9.48 Å². The lowest BCUT2D eigenvalue weighted by molar-refractivity contribution is -0.136. The molecule has 1 N–H and O–H groups in total. The van der Waals surface area contributed by atoms with E-state index in [1.807, 2.05) is 36.5 Å². The Morgan fingerprint density at radius 3 is 2.94 bits per heavy atom. The normalized spacial score (nSPS) is 21.0. The first kappa shape index (κ1) is 12.1. The van der Waals surface area contributed by atoms with Crippen molar-refractivity contribution in [3.8, 4) is 0 Å². The molecule has 0 radical (unpaired) electrons. The average Bonchev–Trinajstić information content (AvgIpc) is 2.60. The SMILES string of the molecule is CCC1NCCN(Cc2cc(C)nn2C)C1=O. The Balaban J connectivity index is 2.08. The first-order valence-electron chi connectivity index (χ1n) is 6.13. The van der Waals surface area contributed by atoms with Gasteiger partial charge < -0.3 is 10.2 Å². The first-order chi connectivity index (χ1) is 8.11. The Bertz CT molecular complexity index is 413. The second-order valence-electron chi connectivity index (χ2n) is 4.58. The highest BCUT2D eigenvalue weighted by Crippen LogP contribution is 2.11. The zero-order chi connectivity index (χ0) is 12.4. The number of carbonyl (C=O) groups is 1. The molecule has 1 fully saturated rings. The van der Waals surface area contributed by atoms with Gasteiger partial charge in [0.1, 0.15) is 0 Å². The number of nitrogens with one attached hydrogen (secondary N) is 1. The molecule has 17 heavy (non-hydrogen) atoms. The molecular formula is C12H20N4O. The minimum absolute atomic E-state index is 0.0157. The van der Waals surface area contributed by atoms with Crippen LogP contribution in [0.4, 0.5) is 0 Å². The molecule has 94 valence electrons. The third-order valence-electron chi connectivity index (χ3n) is 3.24. The number of amides is 1. The van der Waals surface area contributed by atoms with Gasteiger partial charge in [-0.15, -0.1) is 0 Å². The summed E-state index contributed by atoms with van der Waals surface area (Å²) in [6.07, 6.45) is 0.847. The molecule has 5 heteroatoms. The molecule has 1 atom stereocenters. The fraction of sp³-hybridized carbons (Fsp3) is 0.667. The standard InChI is InChI=1S/C12H20N4O/c1-4-11-12(17)16(6-5-13-11)8-10-7-9(2)14-15(10)3/h7,11,13H,4-6,8H2,1-3H3. The highest BCUT2D eigenvalue weighted by molar-refractivity contribution is 5.82. The van der Waals surface area contributed by atoms with Crippen LogP contribution in [0.1, 0.15) is 24.7 Å². The number of rotatable bonds is 3. The van der Waals surface area contributed by atoms with E-state index in [9.17, 15) is 4.79 Å². The first-order valence-corrected chi connectivity index (χ1v) is 6.13. The molecule has 5 nitrogen and oxygen atoms in total. The van der Waals surface area contributed by atoms with Gasteiger partial charge in [0.15, 0.2) is 0 Å². The number of aromatic nitrogens is 2. The Kier molecular flexibility index (Phi) is 3.47. The Morgan fingerprint density at radius 1 is 1.59 bits per heavy atom. The lowest BCUT2D eigenvalue weighted by Crippen LogP contribution is -2.54. The minimum atomic E-state index is -0.0157. The zero-order valence-corrected chi connectivity index (χ0v) is 10.7. The second-order valence-corrected chi connectivity index (χ2v) is 4.58. The van der Waals surface area contributed by atoms with E-state index >= 15 is 0 Å². The Labute approximate surface area is 102 Å². The number of hydrogen-bond acceptors (Lipinski definition) is 3. The van der Waals surface area contributed by atoms with Gasteiger partial charge >= 0.3 is 0 Å². The predicted octanol–water partition coefficient (Wildman–Crippen LogP) is 0.439. The molecule has 1 aromatic heterocycles. The Hall–Kier alpha value is -1.36. The van der Waals surface area contributed by atoms with Gasteiger partial charge in [0.25, 0.3) is 0 Å². The van der Waals surface area contributed by atoms with E-state index in [1.165, 1.54) is 0 Å². The molecule has 1 aliphatic heterocycles. The van der Waals surface area contributed by atoms with Crippen LogP contribution >= 0.6 is 0 Å². The van der Waals surface area contributed by atoms with Crippen LogP contribution in [0.2, 0.25) is 0 Å². The van der Waals surface area contributed by atoms with Crippen LogP contribution in [0.15, 0.2) is 6.07 Å². The van der Waals surface area contributed by atoms with Crippen molar-refractivity contribution in [2.45, 2.75) is 32.9 Å². The van der Waals surface area contributed by atoms with Crippen LogP contribution in [-0.2, 0) is 18.4 Å². The fourth-order valence-corrected chi connectivity index (χ4v) is 2.28. The largest absolute Gasteiger partial charge is 0.334 e. The highest BCUT2D eigenvalue weighted by atomic mass is 16.2. The summed E-state index contributed by atoms with van der Waals surface area (Å²) < 4.78 is 1.85. The van der Waals surface area contributed by atoms with Crippen LogP contribution in [0.3, 0.4) is 0 Å². The van der Waals surface area contributed by atoms with E-state index in [0.29, 0.717) is 6.54 Å². The molecule has 0 spiro atoms. The molecule has 0 bridgehead atoms. The molecule has 0 saturated carbocycles. The summed E-state index contributed by atoms with van der Waals surface area (Å²) in [7, 11) is 1.92. The average molecular weight is 236 g/mol. The van der Waals surface area contributed by atoms with Gasteiger partial charge in [-0.1, -0.05) is 6.92 Å². The van der Waals surface area contributed by atoms with Crippen LogP contribution < -0.4 is 5.32 Å². The van der Waals surface area contributed by atoms with Crippen molar-refractivity contribution in [2.75, 3.05) is 13.1 Å². The van der Waals surface area contributed by atoms with Crippen molar-refractivity contribution in [3.63, 3.8) is 0 Å². The summed E-state index contributed by atoms with van der Waals surface area (Å²) in [6, 6.07) is 2.02. The van der Waals surface area contributed by atoms with E-state index < -0.39 is 0 Å². The summed E-state index contributed by atoms with van der Waals surface area (Å²) in [6.45, 7) is 6.32. The number of nitrogens with zero attached hydrogens (tertiary/aromatic N) is 3.